The lowest BCUT2D eigenvalue weighted by atomic mass is 10.2. The van der Waals surface area contributed by atoms with Gasteiger partial charge >= 0.3 is 0 Å². The number of methoxy groups -OCH3 is 2. The molecule has 0 fully saturated rings. The molecule has 1 unspecified atom stereocenters. The zero-order valence-corrected chi connectivity index (χ0v) is 11.6. The van der Waals surface area contributed by atoms with Gasteiger partial charge in [-0.05, 0) is 26.0 Å². The van der Waals surface area contributed by atoms with Crippen molar-refractivity contribution >= 4 is 11.5 Å². The Bertz CT molecular complexity index is 371. The van der Waals surface area contributed by atoms with E-state index < -0.39 is 0 Å². The van der Waals surface area contributed by atoms with Crippen molar-refractivity contribution < 1.29 is 9.47 Å². The van der Waals surface area contributed by atoms with Crippen LogP contribution in [0.25, 0.3) is 0 Å². The van der Waals surface area contributed by atoms with Crippen molar-refractivity contribution in [2.75, 3.05) is 44.6 Å². The van der Waals surface area contributed by atoms with Crippen LogP contribution in [-0.2, 0) is 9.47 Å². The molecular formula is C13H23N3O2. The number of anilines is 2. The van der Waals surface area contributed by atoms with Crippen LogP contribution in [0.4, 0.5) is 11.5 Å². The van der Waals surface area contributed by atoms with Crippen LogP contribution in [0.2, 0.25) is 0 Å². The molecule has 102 valence electrons. The Kier molecular flexibility index (Phi) is 5.88. The molecule has 0 spiro atoms. The molecule has 0 radical (unpaired) electrons. The molecule has 0 aliphatic rings. The van der Waals surface area contributed by atoms with Crippen molar-refractivity contribution in [3.05, 3.63) is 17.8 Å². The first kappa shape index (κ1) is 14.7. The SMILES string of the molecule is COCCN(c1nc(C)ccc1N)C(C)COC. The molecule has 1 rings (SSSR count). The Labute approximate surface area is 109 Å². The van der Waals surface area contributed by atoms with Crippen molar-refractivity contribution in [1.82, 2.24) is 4.98 Å². The Hall–Kier alpha value is -1.33. The maximum absolute atomic E-state index is 6.01. The normalized spacial score (nSPS) is 12.4. The lowest BCUT2D eigenvalue weighted by Crippen LogP contribution is -2.39. The van der Waals surface area contributed by atoms with E-state index in [4.69, 9.17) is 15.2 Å². The topological polar surface area (TPSA) is 60.6 Å². The third-order valence-electron chi connectivity index (χ3n) is 2.79. The smallest absolute Gasteiger partial charge is 0.152 e. The molecule has 5 nitrogen and oxygen atoms in total. The Morgan fingerprint density at radius 2 is 2.06 bits per heavy atom. The number of pyridine rings is 1. The van der Waals surface area contributed by atoms with E-state index >= 15 is 0 Å². The number of nitrogens with zero attached hydrogens (tertiary/aromatic N) is 2. The molecule has 0 aliphatic heterocycles. The zero-order valence-electron chi connectivity index (χ0n) is 11.6. The highest BCUT2D eigenvalue weighted by atomic mass is 16.5. The van der Waals surface area contributed by atoms with Gasteiger partial charge in [0.2, 0.25) is 0 Å². The van der Waals surface area contributed by atoms with Gasteiger partial charge in [-0.2, -0.15) is 0 Å². The summed E-state index contributed by atoms with van der Waals surface area (Å²) in [6.07, 6.45) is 0. The van der Waals surface area contributed by atoms with Gasteiger partial charge in [0.25, 0.3) is 0 Å². The largest absolute Gasteiger partial charge is 0.396 e. The van der Waals surface area contributed by atoms with Crippen LogP contribution in [0.15, 0.2) is 12.1 Å². The molecule has 18 heavy (non-hydrogen) atoms. The van der Waals surface area contributed by atoms with E-state index in [0.717, 1.165) is 18.1 Å². The van der Waals surface area contributed by atoms with Crippen LogP contribution in [0.5, 0.6) is 0 Å². The predicted octanol–water partition coefficient (Wildman–Crippen LogP) is 1.46. The summed E-state index contributed by atoms with van der Waals surface area (Å²) >= 11 is 0. The minimum Gasteiger partial charge on any atom is -0.396 e. The van der Waals surface area contributed by atoms with Gasteiger partial charge in [0.1, 0.15) is 0 Å². The predicted molar refractivity (Wildman–Crippen MR) is 73.9 cm³/mol. The second kappa shape index (κ2) is 7.18. The molecule has 1 heterocycles. The van der Waals surface area contributed by atoms with Crippen molar-refractivity contribution in [3.8, 4) is 0 Å². The van der Waals surface area contributed by atoms with E-state index in [1.807, 2.05) is 19.1 Å². The van der Waals surface area contributed by atoms with Crippen LogP contribution in [0, 0.1) is 6.92 Å². The summed E-state index contributed by atoms with van der Waals surface area (Å²) in [6, 6.07) is 3.99. The molecule has 0 aliphatic carbocycles. The highest BCUT2D eigenvalue weighted by Gasteiger charge is 2.18. The van der Waals surface area contributed by atoms with Crippen LogP contribution in [0.3, 0.4) is 0 Å². The second-order valence-electron chi connectivity index (χ2n) is 4.36. The number of aromatic nitrogens is 1. The average molecular weight is 253 g/mol. The maximum Gasteiger partial charge on any atom is 0.152 e. The van der Waals surface area contributed by atoms with E-state index in [0.29, 0.717) is 18.9 Å². The monoisotopic (exact) mass is 253 g/mol. The minimum absolute atomic E-state index is 0.196. The third kappa shape index (κ3) is 3.85. The Balaban J connectivity index is 2.96. The van der Waals surface area contributed by atoms with E-state index in [1.165, 1.54) is 0 Å². The molecule has 0 aromatic carbocycles. The molecule has 1 aromatic rings. The van der Waals surface area contributed by atoms with Crippen LogP contribution in [-0.4, -0.2) is 45.0 Å². The molecular weight excluding hydrogens is 230 g/mol. The summed E-state index contributed by atoms with van der Waals surface area (Å²) in [5, 5.41) is 0. The molecule has 0 amide bonds. The molecule has 1 atom stereocenters. The highest BCUT2D eigenvalue weighted by molar-refractivity contribution is 5.63. The van der Waals surface area contributed by atoms with Gasteiger partial charge in [0, 0.05) is 26.5 Å². The van der Waals surface area contributed by atoms with Crippen LogP contribution in [0.1, 0.15) is 12.6 Å². The van der Waals surface area contributed by atoms with Crippen molar-refractivity contribution in [1.29, 1.82) is 0 Å². The maximum atomic E-state index is 6.01. The summed E-state index contributed by atoms with van der Waals surface area (Å²) in [5.74, 6) is 0.802. The first-order valence-corrected chi connectivity index (χ1v) is 6.07. The molecule has 0 saturated heterocycles. The van der Waals surface area contributed by atoms with E-state index in [2.05, 4.69) is 16.8 Å². The van der Waals surface area contributed by atoms with Gasteiger partial charge in [-0.1, -0.05) is 0 Å². The lowest BCUT2D eigenvalue weighted by molar-refractivity contribution is 0.170. The number of nitrogens with two attached hydrogens (primary N) is 1. The Morgan fingerprint density at radius 3 is 2.67 bits per heavy atom. The fourth-order valence-corrected chi connectivity index (χ4v) is 1.84. The highest BCUT2D eigenvalue weighted by Crippen LogP contribution is 2.22. The number of hydrogen-bond acceptors (Lipinski definition) is 5. The van der Waals surface area contributed by atoms with E-state index in [9.17, 15) is 0 Å². The summed E-state index contributed by atoms with van der Waals surface area (Å²) in [4.78, 5) is 6.64. The summed E-state index contributed by atoms with van der Waals surface area (Å²) in [6.45, 7) is 6.03. The minimum atomic E-state index is 0.196. The first-order chi connectivity index (χ1) is 8.60. The molecule has 5 heteroatoms. The first-order valence-electron chi connectivity index (χ1n) is 6.07. The summed E-state index contributed by atoms with van der Waals surface area (Å²) in [7, 11) is 3.38. The molecule has 1 aromatic heterocycles. The van der Waals surface area contributed by atoms with Gasteiger partial charge in [0.15, 0.2) is 5.82 Å². The van der Waals surface area contributed by atoms with Gasteiger partial charge < -0.3 is 20.1 Å². The zero-order chi connectivity index (χ0) is 13.5. The van der Waals surface area contributed by atoms with Gasteiger partial charge in [-0.3, -0.25) is 0 Å². The molecule has 0 bridgehead atoms. The van der Waals surface area contributed by atoms with Gasteiger partial charge in [0.05, 0.1) is 24.9 Å². The lowest BCUT2D eigenvalue weighted by Gasteiger charge is -2.30. The standard InChI is InChI=1S/C13H23N3O2/c1-10-5-6-12(14)13(15-10)16(7-8-17-3)11(2)9-18-4/h5-6,11H,7-9,14H2,1-4H3. The fraction of sp³-hybridized carbons (Fsp3) is 0.615. The number of aryl methyl sites for hydroxylation is 1. The summed E-state index contributed by atoms with van der Waals surface area (Å²) < 4.78 is 10.3. The number of hydrogen-bond donors (Lipinski definition) is 1. The second-order valence-corrected chi connectivity index (χ2v) is 4.36. The van der Waals surface area contributed by atoms with Gasteiger partial charge in [-0.25, -0.2) is 4.98 Å². The Morgan fingerprint density at radius 1 is 1.33 bits per heavy atom. The average Bonchev–Trinajstić information content (AvgIpc) is 2.34. The van der Waals surface area contributed by atoms with Gasteiger partial charge in [-0.15, -0.1) is 0 Å². The third-order valence-corrected chi connectivity index (χ3v) is 2.79. The van der Waals surface area contributed by atoms with Crippen molar-refractivity contribution in [2.24, 2.45) is 0 Å². The van der Waals surface area contributed by atoms with Crippen molar-refractivity contribution in [3.63, 3.8) is 0 Å². The fourth-order valence-electron chi connectivity index (χ4n) is 1.84. The van der Waals surface area contributed by atoms with E-state index in [1.54, 1.807) is 14.2 Å². The van der Waals surface area contributed by atoms with Crippen molar-refractivity contribution in [2.45, 2.75) is 19.9 Å². The number of nitrogen functional groups attached to an aromatic ring is 1. The van der Waals surface area contributed by atoms with E-state index in [-0.39, 0.29) is 6.04 Å². The number of ether oxygens (including phenoxy) is 2. The molecule has 0 saturated carbocycles. The summed E-state index contributed by atoms with van der Waals surface area (Å²) in [5.41, 5.74) is 7.64. The molecule has 2 N–H and O–H groups in total. The quantitative estimate of drug-likeness (QED) is 0.797. The number of rotatable bonds is 7. The van der Waals surface area contributed by atoms with Crippen LogP contribution < -0.4 is 10.6 Å². The van der Waals surface area contributed by atoms with Crippen LogP contribution >= 0.6 is 0 Å².